The lowest BCUT2D eigenvalue weighted by molar-refractivity contribution is 0.997. The molecule has 0 unspecified atom stereocenters. The number of para-hydroxylation sites is 2. The van der Waals surface area contributed by atoms with Crippen LogP contribution in [-0.4, -0.2) is 9.13 Å². The van der Waals surface area contributed by atoms with Gasteiger partial charge >= 0.3 is 0 Å². The summed E-state index contributed by atoms with van der Waals surface area (Å²) in [5.74, 6) is 0. The van der Waals surface area contributed by atoms with Gasteiger partial charge in [0.2, 0.25) is 0 Å². The lowest BCUT2D eigenvalue weighted by Crippen LogP contribution is -2.20. The second-order valence-corrected chi connectivity index (χ2v) is 8.99. The minimum absolute atomic E-state index is 0.0208. The summed E-state index contributed by atoms with van der Waals surface area (Å²) in [6, 6.07) is 45.2. The number of fused-ring (bicyclic) bond motifs is 5. The zero-order valence-electron chi connectivity index (χ0n) is 19.5. The normalized spacial score (nSPS) is 11.4. The first kappa shape index (κ1) is 20.5. The van der Waals surface area contributed by atoms with Gasteiger partial charge in [0, 0.05) is 21.8 Å². The van der Waals surface area contributed by atoms with Gasteiger partial charge in [-0.15, -0.1) is 0 Å². The average Bonchev–Trinajstić information content (AvgIpc) is 3.29. The Morgan fingerprint density at radius 1 is 0.444 bits per heavy atom. The van der Waals surface area contributed by atoms with Crippen molar-refractivity contribution in [3.63, 3.8) is 0 Å². The van der Waals surface area contributed by atoms with E-state index in [1.807, 2.05) is 59.2 Å². The van der Waals surface area contributed by atoms with Crippen LogP contribution in [0.3, 0.4) is 0 Å². The van der Waals surface area contributed by atoms with Crippen molar-refractivity contribution in [2.24, 2.45) is 0 Å². The fourth-order valence-corrected chi connectivity index (χ4v) is 5.34. The number of hydrogen-bond acceptors (Lipinski definition) is 1. The van der Waals surface area contributed by atoms with E-state index in [-0.39, 0.29) is 5.56 Å². The number of rotatable bonds is 3. The van der Waals surface area contributed by atoms with Crippen LogP contribution in [-0.2, 0) is 0 Å². The van der Waals surface area contributed by atoms with Crippen LogP contribution in [0.25, 0.3) is 55.2 Å². The SMILES string of the molecule is O=c1c2ccccc2c2c3ccccc3n(-c3cccc(-c4ccccc4)c3)c2n1-c1ccccc1. The molecule has 0 aliphatic rings. The third-order valence-electron chi connectivity index (χ3n) is 6.92. The smallest absolute Gasteiger partial charge is 0.264 e. The van der Waals surface area contributed by atoms with Crippen LogP contribution in [0.2, 0.25) is 0 Å². The molecule has 36 heavy (non-hydrogen) atoms. The Morgan fingerprint density at radius 2 is 1.03 bits per heavy atom. The van der Waals surface area contributed by atoms with E-state index < -0.39 is 0 Å². The molecule has 0 radical (unpaired) electrons. The molecule has 7 rings (SSSR count). The molecule has 7 aromatic rings. The van der Waals surface area contributed by atoms with E-state index in [2.05, 4.69) is 83.4 Å². The summed E-state index contributed by atoms with van der Waals surface area (Å²) in [6.07, 6.45) is 0. The first-order chi connectivity index (χ1) is 17.8. The van der Waals surface area contributed by atoms with Gasteiger partial charge in [0.25, 0.3) is 5.56 Å². The van der Waals surface area contributed by atoms with Crippen molar-refractivity contribution >= 4 is 32.7 Å². The molecule has 0 bridgehead atoms. The van der Waals surface area contributed by atoms with E-state index >= 15 is 0 Å². The highest BCUT2D eigenvalue weighted by Gasteiger charge is 2.21. The highest BCUT2D eigenvalue weighted by atomic mass is 16.1. The lowest BCUT2D eigenvalue weighted by atomic mass is 10.1. The van der Waals surface area contributed by atoms with Gasteiger partial charge in [-0.3, -0.25) is 13.9 Å². The van der Waals surface area contributed by atoms with Crippen molar-refractivity contribution < 1.29 is 0 Å². The Labute approximate surface area is 208 Å². The second-order valence-electron chi connectivity index (χ2n) is 8.99. The molecule has 0 saturated carbocycles. The van der Waals surface area contributed by atoms with Gasteiger partial charge in [-0.25, -0.2) is 0 Å². The van der Waals surface area contributed by atoms with Crippen LogP contribution in [0.4, 0.5) is 0 Å². The molecule has 170 valence electrons. The van der Waals surface area contributed by atoms with Crippen molar-refractivity contribution in [1.29, 1.82) is 0 Å². The first-order valence-electron chi connectivity index (χ1n) is 12.1. The fraction of sp³-hybridized carbons (Fsp3) is 0. The molecule has 0 amide bonds. The van der Waals surface area contributed by atoms with Crippen molar-refractivity contribution in [3.8, 4) is 22.5 Å². The molecular weight excluding hydrogens is 440 g/mol. The highest BCUT2D eigenvalue weighted by molar-refractivity contribution is 6.20. The predicted molar refractivity (Wildman–Crippen MR) is 149 cm³/mol. The molecule has 0 aliphatic carbocycles. The number of hydrogen-bond donors (Lipinski definition) is 0. The molecule has 2 aromatic heterocycles. The maximum Gasteiger partial charge on any atom is 0.264 e. The van der Waals surface area contributed by atoms with E-state index in [4.69, 9.17) is 0 Å². The van der Waals surface area contributed by atoms with Crippen molar-refractivity contribution in [2.45, 2.75) is 0 Å². The summed E-state index contributed by atoms with van der Waals surface area (Å²) in [7, 11) is 0. The van der Waals surface area contributed by atoms with Crippen molar-refractivity contribution in [3.05, 3.63) is 144 Å². The molecule has 0 fully saturated rings. The van der Waals surface area contributed by atoms with E-state index in [1.165, 1.54) is 0 Å². The van der Waals surface area contributed by atoms with Crippen molar-refractivity contribution in [2.75, 3.05) is 0 Å². The summed E-state index contributed by atoms with van der Waals surface area (Å²) < 4.78 is 4.10. The molecule has 0 spiro atoms. The third kappa shape index (κ3) is 3.03. The van der Waals surface area contributed by atoms with Crippen LogP contribution < -0.4 is 5.56 Å². The highest BCUT2D eigenvalue weighted by Crippen LogP contribution is 2.37. The topological polar surface area (TPSA) is 26.9 Å². The zero-order valence-corrected chi connectivity index (χ0v) is 19.5. The summed E-state index contributed by atoms with van der Waals surface area (Å²) in [5.41, 5.74) is 6.07. The standard InChI is InChI=1S/C33H22N2O/c36-33-28-19-8-7-18-27(28)31-29-20-9-10-21-30(29)34(32(31)35(33)25-15-5-2-6-16-25)26-17-11-14-24(22-26)23-12-3-1-4-13-23/h1-22H. The van der Waals surface area contributed by atoms with Gasteiger partial charge in [0.1, 0.15) is 5.65 Å². The van der Waals surface area contributed by atoms with Crippen LogP contribution in [0, 0.1) is 0 Å². The third-order valence-corrected chi connectivity index (χ3v) is 6.92. The van der Waals surface area contributed by atoms with Crippen LogP contribution >= 0.6 is 0 Å². The fourth-order valence-electron chi connectivity index (χ4n) is 5.34. The minimum atomic E-state index is -0.0208. The van der Waals surface area contributed by atoms with Gasteiger partial charge in [-0.2, -0.15) is 0 Å². The maximum absolute atomic E-state index is 14.0. The Morgan fingerprint density at radius 3 is 1.81 bits per heavy atom. The van der Waals surface area contributed by atoms with E-state index in [0.29, 0.717) is 0 Å². The Kier molecular flexibility index (Phi) is 4.61. The van der Waals surface area contributed by atoms with Gasteiger partial charge in [0.05, 0.1) is 11.2 Å². The van der Waals surface area contributed by atoms with Gasteiger partial charge in [0.15, 0.2) is 0 Å². The predicted octanol–water partition coefficient (Wildman–Crippen LogP) is 7.75. The van der Waals surface area contributed by atoms with Crippen LogP contribution in [0.1, 0.15) is 0 Å². The summed E-state index contributed by atoms with van der Waals surface area (Å²) >= 11 is 0. The molecule has 0 atom stereocenters. The molecule has 0 saturated heterocycles. The van der Waals surface area contributed by atoms with Crippen molar-refractivity contribution in [1.82, 2.24) is 9.13 Å². The molecule has 2 heterocycles. The molecule has 3 nitrogen and oxygen atoms in total. The zero-order chi connectivity index (χ0) is 24.1. The first-order valence-corrected chi connectivity index (χ1v) is 12.1. The average molecular weight is 463 g/mol. The maximum atomic E-state index is 14.0. The quantitative estimate of drug-likeness (QED) is 0.264. The van der Waals surface area contributed by atoms with Gasteiger partial charge < -0.3 is 0 Å². The Bertz CT molecular complexity index is 1950. The molecule has 0 aliphatic heterocycles. The van der Waals surface area contributed by atoms with E-state index in [9.17, 15) is 4.79 Å². The largest absolute Gasteiger partial charge is 0.295 e. The van der Waals surface area contributed by atoms with Crippen LogP contribution in [0.15, 0.2) is 138 Å². The monoisotopic (exact) mass is 462 g/mol. The van der Waals surface area contributed by atoms with E-state index in [1.54, 1.807) is 0 Å². The number of pyridine rings is 1. The molecule has 0 N–H and O–H groups in total. The van der Waals surface area contributed by atoms with Gasteiger partial charge in [-0.05, 0) is 52.9 Å². The summed E-state index contributed by atoms with van der Waals surface area (Å²) in [6.45, 7) is 0. The van der Waals surface area contributed by atoms with E-state index in [0.717, 1.165) is 55.2 Å². The molecule has 3 heteroatoms. The van der Waals surface area contributed by atoms with Gasteiger partial charge in [-0.1, -0.05) is 97.1 Å². The second kappa shape index (κ2) is 8.10. The summed E-state index contributed by atoms with van der Waals surface area (Å²) in [5, 5.41) is 3.89. The number of aromatic nitrogens is 2. The minimum Gasteiger partial charge on any atom is -0.295 e. The number of benzene rings is 5. The molecular formula is C33H22N2O. The number of nitrogens with zero attached hydrogens (tertiary/aromatic N) is 2. The Balaban J connectivity index is 1.70. The van der Waals surface area contributed by atoms with Crippen LogP contribution in [0.5, 0.6) is 0 Å². The molecule has 5 aromatic carbocycles. The Hall–Kier alpha value is -4.89. The summed E-state index contributed by atoms with van der Waals surface area (Å²) in [4.78, 5) is 14.0. The lowest BCUT2D eigenvalue weighted by Gasteiger charge is -2.15.